The molecule has 0 bridgehead atoms. The zero-order valence-electron chi connectivity index (χ0n) is 16.8. The standard InChI is InChI=1S/C23H18ClFN2O5/c24-16-5-3-14(4-6-16)15-9-11-27(23(13-15)30-21(28)22(29)31-23)10-1-2-19-18-8-7-17(25)12-20(18)32-26-19/h3-9,12H,1-2,10-11,13H2. The highest BCUT2D eigenvalue weighted by Crippen LogP contribution is 2.39. The summed E-state index contributed by atoms with van der Waals surface area (Å²) < 4.78 is 29.4. The van der Waals surface area contributed by atoms with Crippen LogP contribution < -0.4 is 0 Å². The number of nitrogens with zero attached hydrogens (tertiary/aromatic N) is 2. The molecule has 0 N–H and O–H groups in total. The van der Waals surface area contributed by atoms with Gasteiger partial charge in [-0.2, -0.15) is 0 Å². The van der Waals surface area contributed by atoms with Crippen molar-refractivity contribution < 1.29 is 28.0 Å². The first kappa shape index (κ1) is 20.7. The highest BCUT2D eigenvalue weighted by Gasteiger charge is 2.54. The van der Waals surface area contributed by atoms with Gasteiger partial charge in [0, 0.05) is 29.6 Å². The van der Waals surface area contributed by atoms with E-state index in [1.165, 1.54) is 12.1 Å². The average molecular weight is 457 g/mol. The average Bonchev–Trinajstić information content (AvgIpc) is 3.29. The number of fused-ring (bicyclic) bond motifs is 1. The van der Waals surface area contributed by atoms with Crippen LogP contribution in [0.2, 0.25) is 5.02 Å². The van der Waals surface area contributed by atoms with Gasteiger partial charge in [0.25, 0.3) is 0 Å². The van der Waals surface area contributed by atoms with E-state index in [-0.39, 0.29) is 12.2 Å². The van der Waals surface area contributed by atoms with Crippen LogP contribution in [0, 0.1) is 5.82 Å². The van der Waals surface area contributed by atoms with Crippen LogP contribution in [-0.2, 0) is 25.5 Å². The number of hydrogen-bond acceptors (Lipinski definition) is 7. The second kappa shape index (κ2) is 8.03. The monoisotopic (exact) mass is 456 g/mol. The Morgan fingerprint density at radius 2 is 1.84 bits per heavy atom. The van der Waals surface area contributed by atoms with Gasteiger partial charge < -0.3 is 14.0 Å². The number of benzene rings is 2. The molecule has 0 atom stereocenters. The topological polar surface area (TPSA) is 81.9 Å². The van der Waals surface area contributed by atoms with Crippen molar-refractivity contribution in [2.45, 2.75) is 25.2 Å². The molecule has 3 aromatic rings. The summed E-state index contributed by atoms with van der Waals surface area (Å²) in [7, 11) is 0. The molecule has 164 valence electrons. The molecule has 0 saturated carbocycles. The molecule has 2 aliphatic heterocycles. The van der Waals surface area contributed by atoms with Gasteiger partial charge in [0.05, 0.1) is 12.1 Å². The van der Waals surface area contributed by atoms with Gasteiger partial charge in [-0.05, 0) is 48.2 Å². The third-order valence-electron chi connectivity index (χ3n) is 5.69. The predicted molar refractivity (Wildman–Crippen MR) is 113 cm³/mol. The molecule has 1 aromatic heterocycles. The Morgan fingerprint density at radius 1 is 1.09 bits per heavy atom. The molecular weight excluding hydrogens is 439 g/mol. The van der Waals surface area contributed by atoms with Gasteiger partial charge in [-0.25, -0.2) is 18.9 Å². The van der Waals surface area contributed by atoms with Crippen molar-refractivity contribution in [2.24, 2.45) is 0 Å². The summed E-state index contributed by atoms with van der Waals surface area (Å²) in [6.45, 7) is 0.893. The third-order valence-corrected chi connectivity index (χ3v) is 5.94. The molecule has 1 fully saturated rings. The van der Waals surface area contributed by atoms with E-state index in [0.717, 1.165) is 16.5 Å². The highest BCUT2D eigenvalue weighted by atomic mass is 35.5. The molecule has 2 aliphatic rings. The molecule has 0 aliphatic carbocycles. The van der Waals surface area contributed by atoms with Gasteiger partial charge in [-0.1, -0.05) is 35.0 Å². The minimum absolute atomic E-state index is 0.207. The van der Waals surface area contributed by atoms with Gasteiger partial charge in [-0.3, -0.25) is 0 Å². The SMILES string of the molecule is O=C1OC2(CC(c3ccc(Cl)cc3)=CCN2CCCc2noc3cc(F)ccc23)OC1=O. The van der Waals surface area contributed by atoms with Crippen molar-refractivity contribution in [3.63, 3.8) is 0 Å². The van der Waals surface area contributed by atoms with Crippen molar-refractivity contribution >= 4 is 40.1 Å². The van der Waals surface area contributed by atoms with E-state index in [1.54, 1.807) is 18.2 Å². The van der Waals surface area contributed by atoms with Crippen molar-refractivity contribution in [1.29, 1.82) is 0 Å². The van der Waals surface area contributed by atoms with Crippen LogP contribution in [0.1, 0.15) is 24.1 Å². The smallest absolute Gasteiger partial charge is 0.399 e. The lowest BCUT2D eigenvalue weighted by Crippen LogP contribution is -2.52. The van der Waals surface area contributed by atoms with Gasteiger partial charge in [0.1, 0.15) is 5.82 Å². The van der Waals surface area contributed by atoms with Gasteiger partial charge in [0.15, 0.2) is 5.58 Å². The number of hydrogen-bond donors (Lipinski definition) is 0. The number of rotatable bonds is 5. The highest BCUT2D eigenvalue weighted by molar-refractivity contribution is 6.31. The molecule has 9 heteroatoms. The van der Waals surface area contributed by atoms with Crippen LogP contribution >= 0.6 is 11.6 Å². The molecular formula is C23H18ClFN2O5. The molecule has 7 nitrogen and oxygen atoms in total. The van der Waals surface area contributed by atoms with Gasteiger partial charge in [-0.15, -0.1) is 0 Å². The van der Waals surface area contributed by atoms with E-state index in [0.29, 0.717) is 42.2 Å². The van der Waals surface area contributed by atoms with Crippen LogP contribution in [0.4, 0.5) is 4.39 Å². The Hall–Kier alpha value is -3.23. The van der Waals surface area contributed by atoms with Crippen LogP contribution in [0.15, 0.2) is 53.1 Å². The normalized spacial score (nSPS) is 18.1. The molecule has 32 heavy (non-hydrogen) atoms. The number of esters is 2. The quantitative estimate of drug-likeness (QED) is 0.422. The fraction of sp³-hybridized carbons (Fsp3) is 0.261. The van der Waals surface area contributed by atoms with Crippen LogP contribution in [0.5, 0.6) is 0 Å². The van der Waals surface area contributed by atoms with Crippen molar-refractivity contribution in [3.05, 3.63) is 70.6 Å². The molecule has 0 radical (unpaired) electrons. The van der Waals surface area contributed by atoms with Crippen LogP contribution in [0.3, 0.4) is 0 Å². The fourth-order valence-electron chi connectivity index (χ4n) is 4.11. The minimum Gasteiger partial charge on any atom is -0.399 e. The Labute approximate surface area is 187 Å². The number of aryl methyl sites for hydroxylation is 1. The molecule has 5 rings (SSSR count). The first-order valence-corrected chi connectivity index (χ1v) is 10.5. The lowest BCUT2D eigenvalue weighted by atomic mass is 9.96. The van der Waals surface area contributed by atoms with E-state index in [4.69, 9.17) is 25.6 Å². The van der Waals surface area contributed by atoms with E-state index in [1.807, 2.05) is 23.1 Å². The van der Waals surface area contributed by atoms with Crippen molar-refractivity contribution in [2.75, 3.05) is 13.1 Å². The van der Waals surface area contributed by atoms with E-state index in [9.17, 15) is 14.0 Å². The summed E-state index contributed by atoms with van der Waals surface area (Å²) in [5.74, 6) is -3.87. The minimum atomic E-state index is -1.48. The summed E-state index contributed by atoms with van der Waals surface area (Å²) in [5.41, 5.74) is 2.91. The summed E-state index contributed by atoms with van der Waals surface area (Å²) >= 11 is 5.98. The van der Waals surface area contributed by atoms with E-state index < -0.39 is 17.8 Å². The number of ether oxygens (including phenoxy) is 2. The number of carbonyl (C=O) groups excluding carboxylic acids is 2. The Kier molecular flexibility index (Phi) is 5.19. The molecule has 2 aromatic carbocycles. The first-order valence-electron chi connectivity index (χ1n) is 10.1. The molecule has 0 unspecified atom stereocenters. The Morgan fingerprint density at radius 3 is 2.59 bits per heavy atom. The number of carbonyl (C=O) groups is 2. The summed E-state index contributed by atoms with van der Waals surface area (Å²) in [4.78, 5) is 25.6. The van der Waals surface area contributed by atoms with Crippen LogP contribution in [0.25, 0.3) is 16.5 Å². The van der Waals surface area contributed by atoms with E-state index >= 15 is 0 Å². The van der Waals surface area contributed by atoms with Crippen molar-refractivity contribution in [1.82, 2.24) is 10.1 Å². The largest absolute Gasteiger partial charge is 0.421 e. The number of halogens is 2. The Bertz CT molecular complexity index is 1220. The zero-order chi connectivity index (χ0) is 22.3. The van der Waals surface area contributed by atoms with Gasteiger partial charge in [0.2, 0.25) is 0 Å². The summed E-state index contributed by atoms with van der Waals surface area (Å²) in [6.07, 6.45) is 3.40. The number of aromatic nitrogens is 1. The maximum Gasteiger partial charge on any atom is 0.421 e. The second-order valence-electron chi connectivity index (χ2n) is 7.72. The fourth-order valence-corrected chi connectivity index (χ4v) is 4.23. The lowest BCUT2D eigenvalue weighted by molar-refractivity contribution is -0.247. The van der Waals surface area contributed by atoms with Gasteiger partial charge >= 0.3 is 17.8 Å². The lowest BCUT2D eigenvalue weighted by Gasteiger charge is -2.40. The maximum absolute atomic E-state index is 13.4. The van der Waals surface area contributed by atoms with Crippen molar-refractivity contribution in [3.8, 4) is 0 Å². The van der Waals surface area contributed by atoms with E-state index in [2.05, 4.69) is 5.16 Å². The summed E-state index contributed by atoms with van der Waals surface area (Å²) in [5, 5.41) is 5.40. The second-order valence-corrected chi connectivity index (χ2v) is 8.16. The Balaban J connectivity index is 1.34. The molecule has 0 amide bonds. The molecule has 1 spiro atoms. The zero-order valence-corrected chi connectivity index (χ0v) is 17.6. The predicted octanol–water partition coefficient (Wildman–Crippen LogP) is 4.10. The van der Waals surface area contributed by atoms with Crippen LogP contribution in [-0.4, -0.2) is 41.0 Å². The molecule has 3 heterocycles. The maximum atomic E-state index is 13.4. The third kappa shape index (κ3) is 3.76. The summed E-state index contributed by atoms with van der Waals surface area (Å²) in [6, 6.07) is 11.6. The first-order chi connectivity index (χ1) is 15.4. The molecule has 1 saturated heterocycles.